The maximum Gasteiger partial charge on any atom is 0.0991 e. The van der Waals surface area contributed by atoms with Gasteiger partial charge in [-0.15, -0.1) is 0 Å². The molecule has 1 saturated carbocycles. The predicted octanol–water partition coefficient (Wildman–Crippen LogP) is 1.71. The third-order valence-corrected chi connectivity index (χ3v) is 3.23. The zero-order valence-corrected chi connectivity index (χ0v) is 8.12. The molecule has 1 aliphatic heterocycles. The first-order valence-electron chi connectivity index (χ1n) is 5.06. The van der Waals surface area contributed by atoms with Gasteiger partial charge in [-0.1, -0.05) is 6.92 Å². The van der Waals surface area contributed by atoms with E-state index in [1.54, 1.807) is 0 Å². The molecule has 0 radical (unpaired) electrons. The van der Waals surface area contributed by atoms with Crippen LogP contribution in [0.3, 0.4) is 0 Å². The lowest BCUT2D eigenvalue weighted by Gasteiger charge is -2.41. The summed E-state index contributed by atoms with van der Waals surface area (Å²) in [6.45, 7) is 4.45. The Hall–Kier alpha value is -0.0800. The summed E-state index contributed by atoms with van der Waals surface area (Å²) in [5.41, 5.74) is 0. The first kappa shape index (κ1) is 8.52. The van der Waals surface area contributed by atoms with E-state index in [4.69, 9.17) is 4.74 Å². The van der Waals surface area contributed by atoms with Gasteiger partial charge in [-0.2, -0.15) is 0 Å². The van der Waals surface area contributed by atoms with Crippen LogP contribution in [-0.2, 0) is 4.74 Å². The number of hydrogen-bond acceptors (Lipinski definition) is 2. The average molecular weight is 169 g/mol. The summed E-state index contributed by atoms with van der Waals surface area (Å²) in [5, 5.41) is 0. The third kappa shape index (κ3) is 1.64. The second kappa shape index (κ2) is 3.35. The molecular weight excluding hydrogens is 150 g/mol. The van der Waals surface area contributed by atoms with E-state index in [0.29, 0.717) is 6.10 Å². The maximum absolute atomic E-state index is 5.77. The van der Waals surface area contributed by atoms with Crippen molar-refractivity contribution in [1.29, 1.82) is 0 Å². The highest BCUT2D eigenvalue weighted by molar-refractivity contribution is 4.83. The number of hydrogen-bond donors (Lipinski definition) is 0. The van der Waals surface area contributed by atoms with Gasteiger partial charge in [-0.05, 0) is 38.1 Å². The van der Waals surface area contributed by atoms with Crippen molar-refractivity contribution in [2.75, 3.05) is 20.3 Å². The summed E-state index contributed by atoms with van der Waals surface area (Å²) in [6, 6.07) is 0. The number of nitrogens with zero attached hydrogens (tertiary/aromatic N) is 1. The Morgan fingerprint density at radius 2 is 2.17 bits per heavy atom. The highest BCUT2D eigenvalue weighted by Crippen LogP contribution is 2.33. The van der Waals surface area contributed by atoms with Gasteiger partial charge < -0.3 is 4.74 Å². The van der Waals surface area contributed by atoms with Gasteiger partial charge in [0.2, 0.25) is 0 Å². The van der Waals surface area contributed by atoms with Gasteiger partial charge in [-0.3, -0.25) is 4.90 Å². The molecule has 1 aliphatic carbocycles. The summed E-state index contributed by atoms with van der Waals surface area (Å²) in [6.07, 6.45) is 4.61. The van der Waals surface area contributed by atoms with Crippen LogP contribution >= 0.6 is 0 Å². The smallest absolute Gasteiger partial charge is 0.0991 e. The highest BCUT2D eigenvalue weighted by Gasteiger charge is 2.33. The molecule has 2 nitrogen and oxygen atoms in total. The van der Waals surface area contributed by atoms with Gasteiger partial charge >= 0.3 is 0 Å². The second-order valence-electron chi connectivity index (χ2n) is 4.55. The van der Waals surface area contributed by atoms with Crippen molar-refractivity contribution >= 4 is 0 Å². The van der Waals surface area contributed by atoms with Crippen LogP contribution < -0.4 is 0 Å². The highest BCUT2D eigenvalue weighted by atomic mass is 16.5. The molecule has 2 fully saturated rings. The van der Waals surface area contributed by atoms with Crippen LogP contribution in [0.4, 0.5) is 0 Å². The van der Waals surface area contributed by atoms with Gasteiger partial charge in [0, 0.05) is 6.54 Å². The van der Waals surface area contributed by atoms with Gasteiger partial charge in [0.05, 0.1) is 12.8 Å². The molecule has 2 rings (SSSR count). The summed E-state index contributed by atoms with van der Waals surface area (Å²) in [4.78, 5) is 2.29. The molecule has 0 aromatic carbocycles. The summed E-state index contributed by atoms with van der Waals surface area (Å²) >= 11 is 0. The van der Waals surface area contributed by atoms with Gasteiger partial charge in [-0.25, -0.2) is 0 Å². The first-order valence-corrected chi connectivity index (χ1v) is 5.06. The standard InChI is InChI=1S/C10H19NO/c1-8-3-4-10-9(5-8)6-11(2)7-12-10/h8-10H,3-7H2,1-2H3. The Morgan fingerprint density at radius 1 is 1.33 bits per heavy atom. The lowest BCUT2D eigenvalue weighted by atomic mass is 9.79. The summed E-state index contributed by atoms with van der Waals surface area (Å²) in [7, 11) is 2.15. The average Bonchev–Trinajstić information content (AvgIpc) is 2.03. The number of rotatable bonds is 0. The van der Waals surface area contributed by atoms with E-state index >= 15 is 0 Å². The number of fused-ring (bicyclic) bond motifs is 1. The van der Waals surface area contributed by atoms with Crippen molar-refractivity contribution in [2.45, 2.75) is 32.3 Å². The van der Waals surface area contributed by atoms with Crippen LogP contribution in [0.15, 0.2) is 0 Å². The van der Waals surface area contributed by atoms with Crippen LogP contribution in [0, 0.1) is 11.8 Å². The molecule has 12 heavy (non-hydrogen) atoms. The third-order valence-electron chi connectivity index (χ3n) is 3.23. The maximum atomic E-state index is 5.77. The van der Waals surface area contributed by atoms with E-state index in [-0.39, 0.29) is 0 Å². The zero-order chi connectivity index (χ0) is 8.55. The minimum atomic E-state index is 0.581. The van der Waals surface area contributed by atoms with Crippen molar-refractivity contribution in [3.8, 4) is 0 Å². The van der Waals surface area contributed by atoms with Crippen molar-refractivity contribution in [1.82, 2.24) is 4.90 Å². The Balaban J connectivity index is 1.94. The lowest BCUT2D eigenvalue weighted by Crippen LogP contribution is -2.45. The molecular formula is C10H19NO. The van der Waals surface area contributed by atoms with Crippen LogP contribution in [0.25, 0.3) is 0 Å². The van der Waals surface area contributed by atoms with E-state index in [9.17, 15) is 0 Å². The van der Waals surface area contributed by atoms with E-state index in [2.05, 4.69) is 18.9 Å². The Labute approximate surface area is 74.9 Å². The Bertz CT molecular complexity index is 144. The Kier molecular flexibility index (Phi) is 2.37. The van der Waals surface area contributed by atoms with Crippen LogP contribution in [0.5, 0.6) is 0 Å². The van der Waals surface area contributed by atoms with E-state index in [0.717, 1.165) is 18.6 Å². The van der Waals surface area contributed by atoms with Crippen LogP contribution in [-0.4, -0.2) is 31.3 Å². The van der Waals surface area contributed by atoms with Gasteiger partial charge in [0.1, 0.15) is 0 Å². The fraction of sp³-hybridized carbons (Fsp3) is 1.00. The van der Waals surface area contributed by atoms with Crippen molar-refractivity contribution in [3.63, 3.8) is 0 Å². The second-order valence-corrected chi connectivity index (χ2v) is 4.55. The topological polar surface area (TPSA) is 12.5 Å². The fourth-order valence-corrected chi connectivity index (χ4v) is 2.56. The molecule has 70 valence electrons. The Morgan fingerprint density at radius 3 is 3.00 bits per heavy atom. The molecule has 2 heteroatoms. The number of ether oxygens (including phenoxy) is 1. The lowest BCUT2D eigenvalue weighted by molar-refractivity contribution is -0.114. The van der Waals surface area contributed by atoms with E-state index in [1.807, 2.05) is 0 Å². The molecule has 1 saturated heterocycles. The summed E-state index contributed by atoms with van der Waals surface area (Å²) < 4.78 is 5.77. The molecule has 2 aliphatic rings. The van der Waals surface area contributed by atoms with Gasteiger partial charge in [0.15, 0.2) is 0 Å². The van der Waals surface area contributed by atoms with Crippen molar-refractivity contribution in [2.24, 2.45) is 11.8 Å². The monoisotopic (exact) mass is 169 g/mol. The molecule has 0 amide bonds. The zero-order valence-electron chi connectivity index (χ0n) is 8.12. The van der Waals surface area contributed by atoms with Crippen LogP contribution in [0.2, 0.25) is 0 Å². The normalized spacial score (nSPS) is 44.0. The molecule has 0 N–H and O–H groups in total. The SMILES string of the molecule is CC1CCC2OCN(C)CC2C1. The van der Waals surface area contributed by atoms with Crippen LogP contribution in [0.1, 0.15) is 26.2 Å². The summed E-state index contributed by atoms with van der Waals surface area (Å²) in [5.74, 6) is 1.73. The largest absolute Gasteiger partial charge is 0.363 e. The minimum Gasteiger partial charge on any atom is -0.363 e. The molecule has 0 bridgehead atoms. The van der Waals surface area contributed by atoms with E-state index in [1.165, 1.54) is 25.8 Å². The van der Waals surface area contributed by atoms with Crippen molar-refractivity contribution in [3.05, 3.63) is 0 Å². The molecule has 0 spiro atoms. The van der Waals surface area contributed by atoms with Crippen molar-refractivity contribution < 1.29 is 4.74 Å². The molecule has 0 aromatic heterocycles. The van der Waals surface area contributed by atoms with E-state index < -0.39 is 0 Å². The molecule has 3 unspecified atom stereocenters. The molecule has 1 heterocycles. The minimum absolute atomic E-state index is 0.581. The molecule has 3 atom stereocenters. The predicted molar refractivity (Wildman–Crippen MR) is 48.9 cm³/mol. The quantitative estimate of drug-likeness (QED) is 0.547. The molecule has 0 aromatic rings. The van der Waals surface area contributed by atoms with Gasteiger partial charge in [0.25, 0.3) is 0 Å². The fourth-order valence-electron chi connectivity index (χ4n) is 2.56. The first-order chi connectivity index (χ1) is 5.75.